The lowest BCUT2D eigenvalue weighted by molar-refractivity contribution is 0.0912. The fourth-order valence-corrected chi connectivity index (χ4v) is 2.69. The fraction of sp³-hybridized carbons (Fsp3) is 0.714. The van der Waals surface area contributed by atoms with E-state index >= 15 is 0 Å². The van der Waals surface area contributed by atoms with E-state index in [9.17, 15) is 5.11 Å². The van der Waals surface area contributed by atoms with Gasteiger partial charge in [0.2, 0.25) is 0 Å². The topological polar surface area (TPSA) is 33.4 Å². The van der Waals surface area contributed by atoms with Crippen LogP contribution in [0.5, 0.6) is 0 Å². The summed E-state index contributed by atoms with van der Waals surface area (Å²) in [4.78, 5) is 0. The van der Waals surface area contributed by atoms with Crippen molar-refractivity contribution in [2.24, 2.45) is 5.92 Å². The molecular weight excluding hydrogens is 200 g/mol. The van der Waals surface area contributed by atoms with E-state index in [0.717, 1.165) is 12.0 Å². The standard InChI is InChI=1S/C14H22O2/c15-14(10-12-8-9-16-11-12)13-6-4-2-1-3-5-7-13/h8-9,11,13-15H,1-7,10H2. The molecule has 2 rings (SSSR count). The zero-order valence-electron chi connectivity index (χ0n) is 9.90. The van der Waals surface area contributed by atoms with Gasteiger partial charge in [0.1, 0.15) is 0 Å². The average molecular weight is 222 g/mol. The molecule has 2 heteroatoms. The van der Waals surface area contributed by atoms with Gasteiger partial charge in [-0.15, -0.1) is 0 Å². The second-order valence-electron chi connectivity index (χ2n) is 5.01. The van der Waals surface area contributed by atoms with Gasteiger partial charge in [-0.3, -0.25) is 0 Å². The Labute approximate surface area is 97.7 Å². The minimum Gasteiger partial charge on any atom is -0.472 e. The molecule has 0 radical (unpaired) electrons. The van der Waals surface area contributed by atoms with E-state index in [0.29, 0.717) is 5.92 Å². The third-order valence-corrected chi connectivity index (χ3v) is 3.72. The molecule has 1 N–H and O–H groups in total. The van der Waals surface area contributed by atoms with Crippen molar-refractivity contribution in [2.45, 2.75) is 57.5 Å². The molecule has 0 bridgehead atoms. The maximum Gasteiger partial charge on any atom is 0.0935 e. The molecule has 1 fully saturated rings. The summed E-state index contributed by atoms with van der Waals surface area (Å²) in [5, 5.41) is 10.2. The third kappa shape index (κ3) is 3.38. The second-order valence-corrected chi connectivity index (χ2v) is 5.01. The first-order chi connectivity index (χ1) is 7.86. The highest BCUT2D eigenvalue weighted by Crippen LogP contribution is 2.26. The summed E-state index contributed by atoms with van der Waals surface area (Å²) >= 11 is 0. The van der Waals surface area contributed by atoms with Crippen molar-refractivity contribution in [3.05, 3.63) is 24.2 Å². The number of hydrogen-bond acceptors (Lipinski definition) is 2. The molecule has 1 atom stereocenters. The maximum absolute atomic E-state index is 10.2. The van der Waals surface area contributed by atoms with Crippen molar-refractivity contribution in [3.8, 4) is 0 Å². The van der Waals surface area contributed by atoms with Gasteiger partial charge in [0, 0.05) is 6.42 Å². The molecule has 1 aliphatic carbocycles. The van der Waals surface area contributed by atoms with E-state index in [4.69, 9.17) is 4.42 Å². The van der Waals surface area contributed by atoms with Gasteiger partial charge in [-0.2, -0.15) is 0 Å². The maximum atomic E-state index is 10.2. The van der Waals surface area contributed by atoms with Gasteiger partial charge in [-0.1, -0.05) is 32.1 Å². The highest BCUT2D eigenvalue weighted by Gasteiger charge is 2.20. The minimum atomic E-state index is -0.185. The Morgan fingerprint density at radius 1 is 1.19 bits per heavy atom. The summed E-state index contributed by atoms with van der Waals surface area (Å²) in [5.74, 6) is 0.496. The van der Waals surface area contributed by atoms with Crippen LogP contribution in [0.25, 0.3) is 0 Å². The van der Waals surface area contributed by atoms with Gasteiger partial charge < -0.3 is 9.52 Å². The largest absolute Gasteiger partial charge is 0.472 e. The van der Waals surface area contributed by atoms with Crippen molar-refractivity contribution < 1.29 is 9.52 Å². The quantitative estimate of drug-likeness (QED) is 0.848. The van der Waals surface area contributed by atoms with Crippen molar-refractivity contribution >= 4 is 0 Å². The van der Waals surface area contributed by atoms with Crippen LogP contribution in [-0.4, -0.2) is 11.2 Å². The van der Waals surface area contributed by atoms with Gasteiger partial charge in [-0.05, 0) is 30.4 Å². The molecule has 0 saturated heterocycles. The SMILES string of the molecule is OC(Cc1ccoc1)C1CCCCCCC1. The summed E-state index contributed by atoms with van der Waals surface area (Å²) in [6, 6.07) is 1.95. The molecule has 0 amide bonds. The van der Waals surface area contributed by atoms with Crippen LogP contribution >= 0.6 is 0 Å². The molecule has 16 heavy (non-hydrogen) atoms. The Balaban J connectivity index is 1.84. The molecule has 0 spiro atoms. The highest BCUT2D eigenvalue weighted by atomic mass is 16.3. The molecule has 90 valence electrons. The lowest BCUT2D eigenvalue weighted by Crippen LogP contribution is -2.23. The summed E-state index contributed by atoms with van der Waals surface area (Å²) in [6.07, 6.45) is 13.0. The molecule has 1 aliphatic rings. The zero-order chi connectivity index (χ0) is 11.2. The van der Waals surface area contributed by atoms with E-state index in [1.807, 2.05) is 6.07 Å². The predicted molar refractivity (Wildman–Crippen MR) is 64.2 cm³/mol. The van der Waals surface area contributed by atoms with Crippen LogP contribution < -0.4 is 0 Å². The smallest absolute Gasteiger partial charge is 0.0935 e. The molecule has 0 aliphatic heterocycles. The van der Waals surface area contributed by atoms with Crippen LogP contribution in [0.2, 0.25) is 0 Å². The summed E-state index contributed by atoms with van der Waals surface area (Å²) in [7, 11) is 0. The van der Waals surface area contributed by atoms with Crippen molar-refractivity contribution in [1.82, 2.24) is 0 Å². The number of furan rings is 1. The Kier molecular flexibility index (Phi) is 4.46. The van der Waals surface area contributed by atoms with Crippen LogP contribution in [0, 0.1) is 5.92 Å². The molecule has 1 unspecified atom stereocenters. The highest BCUT2D eigenvalue weighted by molar-refractivity contribution is 5.06. The van der Waals surface area contributed by atoms with Gasteiger partial charge in [-0.25, -0.2) is 0 Å². The molecule has 1 saturated carbocycles. The molecule has 1 aromatic heterocycles. The Morgan fingerprint density at radius 3 is 2.50 bits per heavy atom. The third-order valence-electron chi connectivity index (χ3n) is 3.72. The second kappa shape index (κ2) is 6.09. The summed E-state index contributed by atoms with van der Waals surface area (Å²) in [5.41, 5.74) is 1.12. The summed E-state index contributed by atoms with van der Waals surface area (Å²) < 4.78 is 5.04. The molecule has 0 aromatic carbocycles. The molecule has 1 aromatic rings. The van der Waals surface area contributed by atoms with Gasteiger partial charge >= 0.3 is 0 Å². The van der Waals surface area contributed by atoms with Crippen LogP contribution in [0.15, 0.2) is 23.0 Å². The first-order valence-electron chi connectivity index (χ1n) is 6.55. The average Bonchev–Trinajstić information content (AvgIpc) is 2.69. The van der Waals surface area contributed by atoms with E-state index in [1.54, 1.807) is 12.5 Å². The lowest BCUT2D eigenvalue weighted by atomic mass is 9.85. The number of rotatable bonds is 3. The molecule has 1 heterocycles. The number of aliphatic hydroxyl groups excluding tert-OH is 1. The molecular formula is C14H22O2. The van der Waals surface area contributed by atoms with E-state index in [-0.39, 0.29) is 6.10 Å². The van der Waals surface area contributed by atoms with Crippen LogP contribution in [0.4, 0.5) is 0 Å². The monoisotopic (exact) mass is 222 g/mol. The van der Waals surface area contributed by atoms with Crippen molar-refractivity contribution in [1.29, 1.82) is 0 Å². The van der Waals surface area contributed by atoms with Crippen LogP contribution in [0.3, 0.4) is 0 Å². The lowest BCUT2D eigenvalue weighted by Gasteiger charge is -2.24. The van der Waals surface area contributed by atoms with E-state index in [2.05, 4.69) is 0 Å². The predicted octanol–water partition coefficient (Wildman–Crippen LogP) is 3.54. The van der Waals surface area contributed by atoms with Crippen molar-refractivity contribution in [2.75, 3.05) is 0 Å². The van der Waals surface area contributed by atoms with Gasteiger partial charge in [0.05, 0.1) is 18.6 Å². The van der Waals surface area contributed by atoms with Gasteiger partial charge in [0.25, 0.3) is 0 Å². The Morgan fingerprint density at radius 2 is 1.88 bits per heavy atom. The molecule has 2 nitrogen and oxygen atoms in total. The Hall–Kier alpha value is -0.760. The first kappa shape index (κ1) is 11.7. The number of hydrogen-bond donors (Lipinski definition) is 1. The normalized spacial score (nSPS) is 21.3. The minimum absolute atomic E-state index is 0.185. The van der Waals surface area contributed by atoms with E-state index < -0.39 is 0 Å². The summed E-state index contributed by atoms with van der Waals surface area (Å²) in [6.45, 7) is 0. The zero-order valence-corrected chi connectivity index (χ0v) is 9.90. The first-order valence-corrected chi connectivity index (χ1v) is 6.55. The van der Waals surface area contributed by atoms with Crippen molar-refractivity contribution in [3.63, 3.8) is 0 Å². The van der Waals surface area contributed by atoms with Crippen LogP contribution in [0.1, 0.15) is 50.5 Å². The number of aliphatic hydroxyl groups is 1. The van der Waals surface area contributed by atoms with E-state index in [1.165, 1.54) is 44.9 Å². The van der Waals surface area contributed by atoms with Crippen LogP contribution in [-0.2, 0) is 6.42 Å². The van der Waals surface area contributed by atoms with Gasteiger partial charge in [0.15, 0.2) is 0 Å². The fourth-order valence-electron chi connectivity index (χ4n) is 2.69. The Bertz CT molecular complexity index is 271.